The molecule has 0 heterocycles. The van der Waals surface area contributed by atoms with Crippen molar-refractivity contribution < 1.29 is 43.9 Å². The summed E-state index contributed by atoms with van der Waals surface area (Å²) < 4.78 is 132. The standard InChI is InChI=1S/C17H6BrF10NS/c18-12-6-10(30-17(26,27)28)5-11(14(19,15(20,21)22)16(23,24)25)13(12)9-3-1-8(7-29)2-4-9/h1-6H. The van der Waals surface area contributed by atoms with Crippen LogP contribution in [-0.4, -0.2) is 17.9 Å². The van der Waals surface area contributed by atoms with Crippen molar-refractivity contribution in [2.75, 3.05) is 0 Å². The molecule has 0 atom stereocenters. The van der Waals surface area contributed by atoms with Crippen LogP contribution in [0.25, 0.3) is 11.1 Å². The monoisotopic (exact) mass is 525 g/mol. The van der Waals surface area contributed by atoms with Crippen molar-refractivity contribution in [3.8, 4) is 17.2 Å². The van der Waals surface area contributed by atoms with E-state index < -0.39 is 55.8 Å². The van der Waals surface area contributed by atoms with Crippen LogP contribution in [0.2, 0.25) is 0 Å². The van der Waals surface area contributed by atoms with Gasteiger partial charge >= 0.3 is 23.5 Å². The molecule has 0 bridgehead atoms. The van der Waals surface area contributed by atoms with Crippen LogP contribution >= 0.6 is 27.7 Å². The SMILES string of the molecule is N#Cc1ccc(-c2c(Br)cc(SC(F)(F)F)cc2C(F)(C(F)(F)F)C(F)(F)F)cc1. The highest BCUT2D eigenvalue weighted by molar-refractivity contribution is 9.10. The van der Waals surface area contributed by atoms with Crippen molar-refractivity contribution in [1.82, 2.24) is 0 Å². The number of hydrogen-bond donors (Lipinski definition) is 0. The Morgan fingerprint density at radius 1 is 0.800 bits per heavy atom. The van der Waals surface area contributed by atoms with Gasteiger partial charge in [-0.15, -0.1) is 0 Å². The predicted octanol–water partition coefficient (Wildman–Crippen LogP) is 7.89. The maximum absolute atomic E-state index is 14.8. The molecule has 13 heteroatoms. The van der Waals surface area contributed by atoms with E-state index in [1.165, 1.54) is 0 Å². The zero-order chi connectivity index (χ0) is 23.1. The Kier molecular flexibility index (Phi) is 6.45. The molecule has 0 spiro atoms. The van der Waals surface area contributed by atoms with E-state index in [0.29, 0.717) is 6.07 Å². The van der Waals surface area contributed by atoms with Gasteiger partial charge < -0.3 is 0 Å². The van der Waals surface area contributed by atoms with Gasteiger partial charge in [0.15, 0.2) is 0 Å². The molecule has 0 amide bonds. The summed E-state index contributed by atoms with van der Waals surface area (Å²) in [7, 11) is 0. The summed E-state index contributed by atoms with van der Waals surface area (Å²) in [6, 6.07) is 6.17. The van der Waals surface area contributed by atoms with Crippen molar-refractivity contribution in [2.24, 2.45) is 0 Å². The molecule has 0 saturated heterocycles. The molecule has 2 aromatic carbocycles. The van der Waals surface area contributed by atoms with Gasteiger partial charge in [0, 0.05) is 20.5 Å². The van der Waals surface area contributed by atoms with E-state index in [9.17, 15) is 43.9 Å². The Labute approximate surface area is 174 Å². The molecule has 0 saturated carbocycles. The molecule has 0 N–H and O–H groups in total. The number of alkyl halides is 10. The summed E-state index contributed by atoms with van der Waals surface area (Å²) in [6.45, 7) is 0. The lowest BCUT2D eigenvalue weighted by atomic mass is 9.87. The van der Waals surface area contributed by atoms with E-state index in [4.69, 9.17) is 5.26 Å². The van der Waals surface area contributed by atoms with Crippen LogP contribution in [0.4, 0.5) is 43.9 Å². The van der Waals surface area contributed by atoms with Gasteiger partial charge in [-0.1, -0.05) is 28.1 Å². The molecule has 0 aliphatic heterocycles. The molecule has 162 valence electrons. The molecule has 2 rings (SSSR count). The smallest absolute Gasteiger partial charge is 0.218 e. The lowest BCUT2D eigenvalue weighted by Gasteiger charge is -2.32. The zero-order valence-corrected chi connectivity index (χ0v) is 16.4. The number of thioether (sulfide) groups is 1. The molecular formula is C17H6BrF10NS. The molecule has 1 nitrogen and oxygen atoms in total. The van der Waals surface area contributed by atoms with Crippen LogP contribution in [0.15, 0.2) is 45.8 Å². The fourth-order valence-electron chi connectivity index (χ4n) is 2.52. The van der Waals surface area contributed by atoms with E-state index in [2.05, 4.69) is 15.9 Å². The molecule has 0 aliphatic carbocycles. The number of halogens is 11. The van der Waals surface area contributed by atoms with Gasteiger partial charge in [-0.25, -0.2) is 4.39 Å². The quantitative estimate of drug-likeness (QED) is 0.300. The first-order chi connectivity index (χ1) is 13.5. The topological polar surface area (TPSA) is 23.8 Å². The van der Waals surface area contributed by atoms with Gasteiger partial charge in [0.1, 0.15) is 0 Å². The summed E-state index contributed by atoms with van der Waals surface area (Å²) in [5, 5.41) is 8.77. The third kappa shape index (κ3) is 4.69. The van der Waals surface area contributed by atoms with E-state index in [1.807, 2.05) is 0 Å². The second-order valence-electron chi connectivity index (χ2n) is 5.72. The predicted molar refractivity (Wildman–Crippen MR) is 91.1 cm³/mol. The Hall–Kier alpha value is -1.94. The molecule has 30 heavy (non-hydrogen) atoms. The highest BCUT2D eigenvalue weighted by Crippen LogP contribution is 2.57. The maximum atomic E-state index is 14.8. The number of benzene rings is 2. The van der Waals surface area contributed by atoms with Gasteiger partial charge in [0.2, 0.25) is 0 Å². The number of nitriles is 1. The molecule has 0 radical (unpaired) electrons. The minimum atomic E-state index is -6.53. The fraction of sp³-hybridized carbons (Fsp3) is 0.235. The van der Waals surface area contributed by atoms with Crippen molar-refractivity contribution in [3.63, 3.8) is 0 Å². The fourth-order valence-corrected chi connectivity index (χ4v) is 3.98. The van der Waals surface area contributed by atoms with E-state index in [1.54, 1.807) is 6.07 Å². The van der Waals surface area contributed by atoms with Crippen molar-refractivity contribution in [3.05, 3.63) is 52.0 Å². The molecule has 2 aromatic rings. The highest BCUT2D eigenvalue weighted by atomic mass is 79.9. The average molecular weight is 526 g/mol. The van der Waals surface area contributed by atoms with Crippen LogP contribution in [-0.2, 0) is 5.67 Å². The summed E-state index contributed by atoms with van der Waals surface area (Å²) in [4.78, 5) is -1.09. The molecule has 0 aliphatic rings. The second kappa shape index (κ2) is 7.96. The van der Waals surface area contributed by atoms with Gasteiger partial charge in [-0.05, 0) is 41.6 Å². The Bertz CT molecular complexity index is 957. The van der Waals surface area contributed by atoms with Gasteiger partial charge in [0.05, 0.1) is 11.6 Å². The first-order valence-corrected chi connectivity index (χ1v) is 9.05. The van der Waals surface area contributed by atoms with Gasteiger partial charge in [-0.3, -0.25) is 0 Å². The second-order valence-corrected chi connectivity index (χ2v) is 7.71. The maximum Gasteiger partial charge on any atom is 0.446 e. The van der Waals surface area contributed by atoms with E-state index in [-0.39, 0.29) is 17.2 Å². The lowest BCUT2D eigenvalue weighted by Crippen LogP contribution is -2.50. The van der Waals surface area contributed by atoms with E-state index >= 15 is 0 Å². The Balaban J connectivity index is 2.93. The third-order valence-corrected chi connectivity index (χ3v) is 5.08. The summed E-state index contributed by atoms with van der Waals surface area (Å²) >= 11 is 1.66. The number of rotatable bonds is 3. The first kappa shape index (κ1) is 24.3. The molecule has 0 fully saturated rings. The first-order valence-electron chi connectivity index (χ1n) is 7.44. The molecule has 0 unspecified atom stereocenters. The normalized spacial score (nSPS) is 13.3. The lowest BCUT2D eigenvalue weighted by molar-refractivity contribution is -0.348. The van der Waals surface area contributed by atoms with Crippen molar-refractivity contribution >= 4 is 27.7 Å². The van der Waals surface area contributed by atoms with Crippen molar-refractivity contribution in [2.45, 2.75) is 28.4 Å². The Morgan fingerprint density at radius 2 is 1.30 bits per heavy atom. The molecule has 0 aromatic heterocycles. The highest BCUT2D eigenvalue weighted by Gasteiger charge is 2.74. The van der Waals surface area contributed by atoms with Crippen LogP contribution < -0.4 is 0 Å². The minimum absolute atomic E-state index is 0.00109. The van der Waals surface area contributed by atoms with Crippen LogP contribution in [0.1, 0.15) is 11.1 Å². The van der Waals surface area contributed by atoms with Crippen LogP contribution in [0.3, 0.4) is 0 Å². The minimum Gasteiger partial charge on any atom is -0.218 e. The number of hydrogen-bond acceptors (Lipinski definition) is 2. The van der Waals surface area contributed by atoms with Gasteiger partial charge in [-0.2, -0.15) is 44.8 Å². The number of nitrogens with zero attached hydrogens (tertiary/aromatic N) is 1. The molecular weight excluding hydrogens is 520 g/mol. The van der Waals surface area contributed by atoms with Crippen molar-refractivity contribution in [1.29, 1.82) is 5.26 Å². The summed E-state index contributed by atoms with van der Waals surface area (Å²) in [6.07, 6.45) is -13.1. The Morgan fingerprint density at radius 3 is 1.70 bits per heavy atom. The van der Waals surface area contributed by atoms with Crippen LogP contribution in [0.5, 0.6) is 0 Å². The van der Waals surface area contributed by atoms with Crippen LogP contribution in [0, 0.1) is 11.3 Å². The summed E-state index contributed by atoms with van der Waals surface area (Å²) in [5.41, 5.74) is -14.4. The third-order valence-electron chi connectivity index (χ3n) is 3.75. The average Bonchev–Trinajstić information content (AvgIpc) is 2.57. The van der Waals surface area contributed by atoms with E-state index in [0.717, 1.165) is 24.3 Å². The summed E-state index contributed by atoms with van der Waals surface area (Å²) in [5.74, 6) is 0. The largest absolute Gasteiger partial charge is 0.446 e. The zero-order valence-electron chi connectivity index (χ0n) is 14.0. The van der Waals surface area contributed by atoms with Gasteiger partial charge in [0.25, 0.3) is 0 Å².